The first-order chi connectivity index (χ1) is 7.65. The zero-order valence-electron chi connectivity index (χ0n) is 9.25. The highest BCUT2D eigenvalue weighted by Crippen LogP contribution is 2.32. The largest absolute Gasteiger partial charge is 0.571 e. The van der Waals surface area contributed by atoms with Crippen LogP contribution in [0.25, 0.3) is 0 Å². The average molecular weight is 241 g/mol. The molecule has 0 heterocycles. The first-order valence-electron chi connectivity index (χ1n) is 5.01. The Hall–Kier alpha value is -1.41. The third-order valence-electron chi connectivity index (χ3n) is 1.88. The van der Waals surface area contributed by atoms with Gasteiger partial charge in [0.1, 0.15) is 0 Å². The van der Waals surface area contributed by atoms with Crippen LogP contribution in [0.1, 0.15) is 13.8 Å². The molecular weight excluding hydrogens is 227 g/mol. The molecule has 5 heteroatoms. The number of ether oxygens (including phenoxy) is 1. The molecule has 0 radical (unpaired) electrons. The molecule has 4 nitrogen and oxygen atoms in total. The van der Waals surface area contributed by atoms with E-state index in [2.05, 4.69) is 0 Å². The van der Waals surface area contributed by atoms with E-state index < -0.39 is 19.7 Å². The monoisotopic (exact) mass is 241 g/mol. The Labute approximate surface area is 95.4 Å². The van der Waals surface area contributed by atoms with Gasteiger partial charge in [0.05, 0.1) is 6.61 Å². The van der Waals surface area contributed by atoms with Gasteiger partial charge in [0.15, 0.2) is 5.75 Å². The van der Waals surface area contributed by atoms with Crippen LogP contribution in [0, 0.1) is 0 Å². The van der Waals surface area contributed by atoms with Crippen LogP contribution in [0.4, 0.5) is 0 Å². The predicted octanol–water partition coefficient (Wildman–Crippen LogP) is 2.76. The normalized spacial score (nSPS) is 12.8. The first-order valence-corrected chi connectivity index (χ1v) is 6.25. The number of para-hydroxylation sites is 1. The maximum atomic E-state index is 11.7. The minimum atomic E-state index is -2.09. The Bertz CT molecular complexity index is 364. The van der Waals surface area contributed by atoms with E-state index in [9.17, 15) is 9.36 Å². The van der Waals surface area contributed by atoms with Gasteiger partial charge in [0.2, 0.25) is 0 Å². The molecule has 0 aliphatic carbocycles. The minimum Gasteiger partial charge on any atom is -0.463 e. The zero-order chi connectivity index (χ0) is 12.0. The summed E-state index contributed by atoms with van der Waals surface area (Å²) in [6, 6.07) is 8.74. The summed E-state index contributed by atoms with van der Waals surface area (Å²) in [5.41, 5.74) is -0.754. The number of hydrogen-bond donors (Lipinski definition) is 0. The maximum absolute atomic E-state index is 11.7. The smallest absolute Gasteiger partial charge is 0.463 e. The van der Waals surface area contributed by atoms with Crippen LogP contribution in [-0.4, -0.2) is 18.2 Å². The SMILES string of the molecule is CCOC(=O)C(C)[P+](=O)Oc1ccccc1. The molecule has 2 atom stereocenters. The van der Waals surface area contributed by atoms with E-state index >= 15 is 0 Å². The van der Waals surface area contributed by atoms with E-state index in [1.54, 1.807) is 31.2 Å². The van der Waals surface area contributed by atoms with Gasteiger partial charge in [-0.1, -0.05) is 18.2 Å². The molecule has 86 valence electrons. The Kier molecular flexibility index (Phi) is 4.93. The molecule has 0 saturated heterocycles. The van der Waals surface area contributed by atoms with Crippen LogP contribution in [0.15, 0.2) is 30.3 Å². The third kappa shape index (κ3) is 3.63. The zero-order valence-corrected chi connectivity index (χ0v) is 10.1. The van der Waals surface area contributed by atoms with Crippen molar-refractivity contribution in [3.05, 3.63) is 30.3 Å². The summed E-state index contributed by atoms with van der Waals surface area (Å²) in [6.07, 6.45) is 0. The van der Waals surface area contributed by atoms with Gasteiger partial charge < -0.3 is 4.74 Å². The van der Waals surface area contributed by atoms with Gasteiger partial charge in [-0.25, -0.2) is 4.79 Å². The number of hydrogen-bond acceptors (Lipinski definition) is 4. The van der Waals surface area contributed by atoms with Crippen LogP contribution in [0.5, 0.6) is 5.75 Å². The van der Waals surface area contributed by atoms with Crippen molar-refractivity contribution < 1.29 is 18.6 Å². The molecule has 1 aromatic carbocycles. The second-order valence-electron chi connectivity index (χ2n) is 3.12. The first kappa shape index (κ1) is 12.7. The van der Waals surface area contributed by atoms with Crippen molar-refractivity contribution in [2.75, 3.05) is 6.61 Å². The molecule has 1 aromatic rings. The van der Waals surface area contributed by atoms with Gasteiger partial charge >= 0.3 is 14.0 Å². The second-order valence-corrected chi connectivity index (χ2v) is 4.65. The number of carbonyl (C=O) groups is 1. The Balaban J connectivity index is 2.56. The van der Waals surface area contributed by atoms with Crippen molar-refractivity contribution in [2.45, 2.75) is 19.5 Å². The van der Waals surface area contributed by atoms with Crippen LogP contribution in [0.3, 0.4) is 0 Å². The lowest BCUT2D eigenvalue weighted by Crippen LogP contribution is -2.17. The lowest BCUT2D eigenvalue weighted by Gasteiger charge is -2.00. The number of rotatable bonds is 5. The van der Waals surface area contributed by atoms with Crippen LogP contribution in [-0.2, 0) is 14.1 Å². The second kappa shape index (κ2) is 6.23. The number of carbonyl (C=O) groups excluding carboxylic acids is 1. The molecule has 0 spiro atoms. The van der Waals surface area contributed by atoms with Crippen molar-refractivity contribution in [2.24, 2.45) is 0 Å². The Morgan fingerprint density at radius 3 is 2.56 bits per heavy atom. The van der Waals surface area contributed by atoms with Crippen LogP contribution < -0.4 is 4.52 Å². The Morgan fingerprint density at radius 2 is 2.00 bits per heavy atom. The van der Waals surface area contributed by atoms with Crippen molar-refractivity contribution in [1.82, 2.24) is 0 Å². The van der Waals surface area contributed by atoms with E-state index in [1.807, 2.05) is 6.07 Å². The van der Waals surface area contributed by atoms with Gasteiger partial charge in [0, 0.05) is 0 Å². The van der Waals surface area contributed by atoms with Crippen molar-refractivity contribution >= 4 is 14.0 Å². The van der Waals surface area contributed by atoms with E-state index in [-0.39, 0.29) is 6.61 Å². The summed E-state index contributed by atoms with van der Waals surface area (Å²) in [5, 5.41) is 0. The summed E-state index contributed by atoms with van der Waals surface area (Å²) in [4.78, 5) is 11.3. The molecule has 0 aliphatic rings. The standard InChI is InChI=1S/C11H14O4P/c1-3-14-11(12)9(2)16(13)15-10-7-5-4-6-8-10/h4-9H,3H2,1-2H3/q+1. The fourth-order valence-electron chi connectivity index (χ4n) is 1.01. The van der Waals surface area contributed by atoms with Crippen molar-refractivity contribution in [1.29, 1.82) is 0 Å². The van der Waals surface area contributed by atoms with Crippen molar-refractivity contribution in [3.8, 4) is 5.75 Å². The Morgan fingerprint density at radius 1 is 1.38 bits per heavy atom. The lowest BCUT2D eigenvalue weighted by molar-refractivity contribution is -0.142. The maximum Gasteiger partial charge on any atom is 0.571 e. The van der Waals surface area contributed by atoms with Gasteiger partial charge in [-0.3, -0.25) is 4.52 Å². The highest BCUT2D eigenvalue weighted by atomic mass is 31.1. The molecule has 0 aromatic heterocycles. The summed E-state index contributed by atoms with van der Waals surface area (Å²) in [5.74, 6) is -0.0145. The highest BCUT2D eigenvalue weighted by Gasteiger charge is 2.37. The molecule has 2 unspecified atom stereocenters. The van der Waals surface area contributed by atoms with Crippen LogP contribution in [0.2, 0.25) is 0 Å². The predicted molar refractivity (Wildman–Crippen MR) is 60.8 cm³/mol. The van der Waals surface area contributed by atoms with E-state index in [0.29, 0.717) is 5.75 Å². The molecule has 0 N–H and O–H groups in total. The van der Waals surface area contributed by atoms with Gasteiger partial charge in [-0.05, 0) is 30.5 Å². The fourth-order valence-corrected chi connectivity index (χ4v) is 1.75. The lowest BCUT2D eigenvalue weighted by atomic mass is 10.3. The number of benzene rings is 1. The summed E-state index contributed by atoms with van der Waals surface area (Å²) >= 11 is 0. The molecule has 0 saturated carbocycles. The third-order valence-corrected chi connectivity index (χ3v) is 3.12. The average Bonchev–Trinajstić information content (AvgIpc) is 2.29. The van der Waals surface area contributed by atoms with Gasteiger partial charge in [-0.15, -0.1) is 0 Å². The summed E-state index contributed by atoms with van der Waals surface area (Å²) in [6.45, 7) is 3.51. The summed E-state index contributed by atoms with van der Waals surface area (Å²) < 4.78 is 21.6. The number of esters is 1. The van der Waals surface area contributed by atoms with E-state index in [0.717, 1.165) is 0 Å². The molecule has 0 aliphatic heterocycles. The van der Waals surface area contributed by atoms with Crippen LogP contribution >= 0.6 is 8.03 Å². The fraction of sp³-hybridized carbons (Fsp3) is 0.364. The summed E-state index contributed by atoms with van der Waals surface area (Å²) in [7, 11) is -2.09. The quantitative estimate of drug-likeness (QED) is 0.587. The molecule has 0 amide bonds. The van der Waals surface area contributed by atoms with E-state index in [4.69, 9.17) is 9.26 Å². The van der Waals surface area contributed by atoms with E-state index in [1.165, 1.54) is 6.92 Å². The van der Waals surface area contributed by atoms with Gasteiger partial charge in [-0.2, -0.15) is 0 Å². The molecular formula is C11H14O4P+. The van der Waals surface area contributed by atoms with Gasteiger partial charge in [0.25, 0.3) is 5.66 Å². The highest BCUT2D eigenvalue weighted by molar-refractivity contribution is 7.41. The van der Waals surface area contributed by atoms with Crippen molar-refractivity contribution in [3.63, 3.8) is 0 Å². The molecule has 0 fully saturated rings. The molecule has 16 heavy (non-hydrogen) atoms. The topological polar surface area (TPSA) is 52.6 Å². The molecule has 0 bridgehead atoms. The molecule has 1 rings (SSSR count). The minimum absolute atomic E-state index is 0.275.